The summed E-state index contributed by atoms with van der Waals surface area (Å²) in [5.41, 5.74) is 0. The van der Waals surface area contributed by atoms with Crippen molar-refractivity contribution in [3.05, 3.63) is 0 Å². The van der Waals surface area contributed by atoms with Crippen molar-refractivity contribution in [3.63, 3.8) is 0 Å². The summed E-state index contributed by atoms with van der Waals surface area (Å²) in [6, 6.07) is -0.603. The van der Waals surface area contributed by atoms with Crippen molar-refractivity contribution in [1.82, 2.24) is 5.32 Å². The third-order valence-corrected chi connectivity index (χ3v) is 4.13. The Hall–Kier alpha value is -1.26. The second kappa shape index (κ2) is 17.6. The third-order valence-electron chi connectivity index (χ3n) is 4.13. The Morgan fingerprint density at radius 2 is 1.24 bits per heavy atom. The molecule has 0 aromatic carbocycles. The molecule has 148 valence electrons. The van der Waals surface area contributed by atoms with Crippen LogP contribution in [0.4, 0.5) is 4.79 Å². The Labute approximate surface area is 154 Å². The molecule has 0 saturated heterocycles. The van der Waals surface area contributed by atoms with E-state index in [0.717, 1.165) is 44.9 Å². The maximum atomic E-state index is 12.1. The molecule has 0 heterocycles. The van der Waals surface area contributed by atoms with Crippen molar-refractivity contribution in [2.45, 2.75) is 104 Å². The van der Waals surface area contributed by atoms with Crippen LogP contribution in [0.2, 0.25) is 0 Å². The van der Waals surface area contributed by atoms with Crippen LogP contribution in [-0.2, 0) is 14.3 Å². The summed E-state index contributed by atoms with van der Waals surface area (Å²) >= 11 is 0. The molecule has 0 saturated carbocycles. The van der Waals surface area contributed by atoms with Gasteiger partial charge in [0.25, 0.3) is 0 Å². The minimum Gasteiger partial charge on any atom is -0.464 e. The standard InChI is InChI=1S/C20H39NO4/c1-4-7-9-11-12-14-17-25-20(23)21-18(15-6-3)19(22)24-16-13-10-8-5-2/h18H,4-17H2,1-3H3,(H,21,23)/t18-/m0/s1. The summed E-state index contributed by atoms with van der Waals surface area (Å²) in [6.45, 7) is 7.14. The number of carbonyl (C=O) groups excluding carboxylic acids is 2. The largest absolute Gasteiger partial charge is 0.464 e. The fourth-order valence-corrected chi connectivity index (χ4v) is 2.57. The van der Waals surface area contributed by atoms with Crippen molar-refractivity contribution >= 4 is 12.1 Å². The number of esters is 1. The average molecular weight is 358 g/mol. The topological polar surface area (TPSA) is 64.6 Å². The number of alkyl carbamates (subject to hydrolysis) is 1. The van der Waals surface area contributed by atoms with Crippen LogP contribution in [0.3, 0.4) is 0 Å². The molecule has 1 atom stereocenters. The van der Waals surface area contributed by atoms with E-state index >= 15 is 0 Å². The van der Waals surface area contributed by atoms with Gasteiger partial charge in [0.2, 0.25) is 0 Å². The second-order valence-corrected chi connectivity index (χ2v) is 6.62. The van der Waals surface area contributed by atoms with Crippen LogP contribution in [0.1, 0.15) is 97.8 Å². The Balaban J connectivity index is 3.90. The lowest BCUT2D eigenvalue weighted by molar-refractivity contribution is -0.146. The molecule has 5 nitrogen and oxygen atoms in total. The van der Waals surface area contributed by atoms with Gasteiger partial charge in [-0.25, -0.2) is 9.59 Å². The van der Waals surface area contributed by atoms with Crippen LogP contribution >= 0.6 is 0 Å². The normalized spacial score (nSPS) is 11.8. The highest BCUT2D eigenvalue weighted by Crippen LogP contribution is 2.06. The summed E-state index contributed by atoms with van der Waals surface area (Å²) in [7, 11) is 0. The fraction of sp³-hybridized carbons (Fsp3) is 0.900. The molecule has 25 heavy (non-hydrogen) atoms. The van der Waals surface area contributed by atoms with E-state index in [1.165, 1.54) is 25.7 Å². The second-order valence-electron chi connectivity index (χ2n) is 6.62. The van der Waals surface area contributed by atoms with Crippen LogP contribution in [0, 0.1) is 0 Å². The maximum absolute atomic E-state index is 12.1. The fourth-order valence-electron chi connectivity index (χ4n) is 2.57. The highest BCUT2D eigenvalue weighted by atomic mass is 16.6. The number of hydrogen-bond donors (Lipinski definition) is 1. The molecule has 0 unspecified atom stereocenters. The number of unbranched alkanes of at least 4 members (excludes halogenated alkanes) is 8. The van der Waals surface area contributed by atoms with Gasteiger partial charge in [-0.3, -0.25) is 0 Å². The molecule has 0 radical (unpaired) electrons. The Bertz CT molecular complexity index is 334. The number of hydrogen-bond acceptors (Lipinski definition) is 4. The van der Waals surface area contributed by atoms with Gasteiger partial charge in [0.1, 0.15) is 6.04 Å². The molecular formula is C20H39NO4. The van der Waals surface area contributed by atoms with Crippen molar-refractivity contribution in [1.29, 1.82) is 0 Å². The lowest BCUT2D eigenvalue weighted by atomic mass is 10.1. The first-order valence-electron chi connectivity index (χ1n) is 10.3. The molecule has 0 rings (SSSR count). The third kappa shape index (κ3) is 14.8. The summed E-state index contributed by atoms with van der Waals surface area (Å²) in [6.07, 6.45) is 12.0. The van der Waals surface area contributed by atoms with E-state index in [1.54, 1.807) is 0 Å². The zero-order valence-corrected chi connectivity index (χ0v) is 16.6. The number of nitrogens with one attached hydrogen (secondary N) is 1. The maximum Gasteiger partial charge on any atom is 0.407 e. The lowest BCUT2D eigenvalue weighted by Gasteiger charge is -2.17. The van der Waals surface area contributed by atoms with E-state index in [9.17, 15) is 9.59 Å². The van der Waals surface area contributed by atoms with Gasteiger partial charge in [-0.05, 0) is 19.3 Å². The monoisotopic (exact) mass is 357 g/mol. The van der Waals surface area contributed by atoms with Crippen LogP contribution in [0.15, 0.2) is 0 Å². The van der Waals surface area contributed by atoms with Gasteiger partial charge < -0.3 is 14.8 Å². The molecule has 0 aromatic rings. The molecule has 1 amide bonds. The van der Waals surface area contributed by atoms with Gasteiger partial charge in [-0.2, -0.15) is 0 Å². The van der Waals surface area contributed by atoms with E-state index in [4.69, 9.17) is 9.47 Å². The van der Waals surface area contributed by atoms with E-state index < -0.39 is 12.1 Å². The van der Waals surface area contributed by atoms with Crippen molar-refractivity contribution in [2.24, 2.45) is 0 Å². The molecule has 0 spiro atoms. The number of amides is 1. The Kier molecular flexibility index (Phi) is 16.7. The minimum absolute atomic E-state index is 0.352. The van der Waals surface area contributed by atoms with Crippen LogP contribution in [-0.4, -0.2) is 31.3 Å². The van der Waals surface area contributed by atoms with Crippen LogP contribution in [0.25, 0.3) is 0 Å². The number of ether oxygens (including phenoxy) is 2. The molecule has 0 aliphatic heterocycles. The Morgan fingerprint density at radius 1 is 0.720 bits per heavy atom. The zero-order chi connectivity index (χ0) is 18.8. The predicted octanol–water partition coefficient (Wildman–Crippen LogP) is 5.37. The van der Waals surface area contributed by atoms with Gasteiger partial charge >= 0.3 is 12.1 Å². The highest BCUT2D eigenvalue weighted by molar-refractivity contribution is 5.81. The number of carbonyl (C=O) groups is 2. The summed E-state index contributed by atoms with van der Waals surface area (Å²) in [5.74, 6) is -0.352. The number of rotatable bonds is 16. The zero-order valence-electron chi connectivity index (χ0n) is 16.6. The molecule has 0 bridgehead atoms. The van der Waals surface area contributed by atoms with E-state index in [0.29, 0.717) is 19.6 Å². The van der Waals surface area contributed by atoms with Crippen molar-refractivity contribution in [2.75, 3.05) is 13.2 Å². The molecule has 0 aliphatic rings. The molecule has 0 fully saturated rings. The first-order valence-corrected chi connectivity index (χ1v) is 10.3. The van der Waals surface area contributed by atoms with E-state index in [2.05, 4.69) is 19.2 Å². The molecule has 0 aliphatic carbocycles. The first kappa shape index (κ1) is 23.7. The minimum atomic E-state index is -0.603. The van der Waals surface area contributed by atoms with Gasteiger partial charge in [-0.15, -0.1) is 0 Å². The molecule has 1 N–H and O–H groups in total. The summed E-state index contributed by atoms with van der Waals surface area (Å²) in [4.78, 5) is 23.9. The summed E-state index contributed by atoms with van der Waals surface area (Å²) < 4.78 is 10.5. The predicted molar refractivity (Wildman–Crippen MR) is 102 cm³/mol. The SMILES string of the molecule is CCCCCCCCOC(=O)N[C@@H](CCC)C(=O)OCCCCCC. The first-order chi connectivity index (χ1) is 12.2. The van der Waals surface area contributed by atoms with Crippen molar-refractivity contribution in [3.8, 4) is 0 Å². The quantitative estimate of drug-likeness (QED) is 0.298. The average Bonchev–Trinajstić information content (AvgIpc) is 2.60. The van der Waals surface area contributed by atoms with Crippen molar-refractivity contribution < 1.29 is 19.1 Å². The van der Waals surface area contributed by atoms with Crippen LogP contribution < -0.4 is 5.32 Å². The van der Waals surface area contributed by atoms with Gasteiger partial charge in [0.15, 0.2) is 0 Å². The van der Waals surface area contributed by atoms with E-state index in [1.807, 2.05) is 6.92 Å². The van der Waals surface area contributed by atoms with Gasteiger partial charge in [-0.1, -0.05) is 78.6 Å². The Morgan fingerprint density at radius 3 is 1.84 bits per heavy atom. The van der Waals surface area contributed by atoms with Crippen LogP contribution in [0.5, 0.6) is 0 Å². The smallest absolute Gasteiger partial charge is 0.407 e. The summed E-state index contributed by atoms with van der Waals surface area (Å²) in [5, 5.41) is 2.65. The molecule has 5 heteroatoms. The van der Waals surface area contributed by atoms with Gasteiger partial charge in [0, 0.05) is 0 Å². The van der Waals surface area contributed by atoms with E-state index in [-0.39, 0.29) is 5.97 Å². The lowest BCUT2D eigenvalue weighted by Crippen LogP contribution is -2.42. The van der Waals surface area contributed by atoms with Gasteiger partial charge in [0.05, 0.1) is 13.2 Å². The highest BCUT2D eigenvalue weighted by Gasteiger charge is 2.21. The molecule has 0 aromatic heterocycles. The molecular weight excluding hydrogens is 318 g/mol.